The fourth-order valence-corrected chi connectivity index (χ4v) is 6.35. The molecule has 8 rings (SSSR count). The Bertz CT molecular complexity index is 2180. The molecule has 0 bridgehead atoms. The van der Waals surface area contributed by atoms with E-state index in [0.29, 0.717) is 0 Å². The number of aromatic nitrogens is 4. The van der Waals surface area contributed by atoms with E-state index < -0.39 is 0 Å². The van der Waals surface area contributed by atoms with Crippen molar-refractivity contribution in [1.82, 2.24) is 19.1 Å². The molecule has 8 aromatic rings. The van der Waals surface area contributed by atoms with Gasteiger partial charge in [-0.1, -0.05) is 47.9 Å². The third-order valence-electron chi connectivity index (χ3n) is 7.51. The van der Waals surface area contributed by atoms with Crippen LogP contribution in [-0.4, -0.2) is 19.1 Å². The molecule has 6 heteroatoms. The average Bonchev–Trinajstić information content (AvgIpc) is 3.74. The van der Waals surface area contributed by atoms with Gasteiger partial charge in [-0.25, -0.2) is 0 Å². The van der Waals surface area contributed by atoms with Gasteiger partial charge in [-0.3, -0.25) is 4.98 Å². The molecule has 4 nitrogen and oxygen atoms in total. The van der Waals surface area contributed by atoms with E-state index in [4.69, 9.17) is 4.98 Å². The molecular weight excluding hydrogens is 704 g/mol. The minimum Gasteiger partial charge on any atom is -0.366 e. The van der Waals surface area contributed by atoms with Gasteiger partial charge < -0.3 is 14.1 Å². The molecule has 4 aromatic heterocycles. The van der Waals surface area contributed by atoms with E-state index >= 15 is 0 Å². The summed E-state index contributed by atoms with van der Waals surface area (Å²) in [5.74, 6) is 0.891. The first-order valence-electron chi connectivity index (χ1n) is 13.1. The first kappa shape index (κ1) is 25.6. The van der Waals surface area contributed by atoms with Crippen molar-refractivity contribution in [2.24, 2.45) is 7.05 Å². The zero-order valence-corrected chi connectivity index (χ0v) is 25.1. The molecule has 0 spiro atoms. The monoisotopic (exact) mass is 725 g/mol. The summed E-state index contributed by atoms with van der Waals surface area (Å²) in [6.07, 6.45) is 1.82. The molecule has 0 aliphatic heterocycles. The van der Waals surface area contributed by atoms with Crippen LogP contribution in [0.3, 0.4) is 0 Å². The standard InChI is InChI=1S/C35H22N4S.Pt/c1-38-34-27(25-17-19-40-22-25)11-7-13-31(34)37-35(38)24-15-16-29-28-10-2-3-14-32(28)39(33(29)21-24)26-9-6-8-23(20-26)30-12-4-5-18-36-30;/h2-19,22H,1H3;/q-2;+2. The van der Waals surface area contributed by atoms with Crippen molar-refractivity contribution in [3.63, 3.8) is 0 Å². The Balaban J connectivity index is 0.00000276. The second kappa shape index (κ2) is 10.3. The van der Waals surface area contributed by atoms with Gasteiger partial charge >= 0.3 is 21.1 Å². The second-order valence-corrected chi connectivity index (χ2v) is 10.6. The minimum atomic E-state index is 0. The molecule has 0 fully saturated rings. The number of imidazole rings is 1. The molecule has 0 unspecified atom stereocenters. The summed E-state index contributed by atoms with van der Waals surface area (Å²) in [6.45, 7) is 0. The SMILES string of the molecule is Cn1c(-c2[c-]c3c(cc2)c2ccccc2n3-c2[c-]c(-c3ccccn3)ccc2)nc2cccc(-c3ccsc3)c21.[Pt+2]. The second-order valence-electron chi connectivity index (χ2n) is 9.83. The van der Waals surface area contributed by atoms with Crippen molar-refractivity contribution < 1.29 is 21.1 Å². The van der Waals surface area contributed by atoms with Crippen molar-refractivity contribution in [3.05, 3.63) is 126 Å². The average molecular weight is 726 g/mol. The van der Waals surface area contributed by atoms with Gasteiger partial charge in [0.25, 0.3) is 0 Å². The van der Waals surface area contributed by atoms with Crippen molar-refractivity contribution in [1.29, 1.82) is 0 Å². The first-order valence-corrected chi connectivity index (χ1v) is 14.1. The van der Waals surface area contributed by atoms with E-state index in [9.17, 15) is 0 Å². The Morgan fingerprint density at radius 1 is 0.756 bits per heavy atom. The van der Waals surface area contributed by atoms with Gasteiger partial charge in [0, 0.05) is 24.3 Å². The van der Waals surface area contributed by atoms with Crippen molar-refractivity contribution in [2.45, 2.75) is 0 Å². The fraction of sp³-hybridized carbons (Fsp3) is 0.0286. The molecule has 0 saturated carbocycles. The van der Waals surface area contributed by atoms with Crippen LogP contribution in [0.25, 0.3) is 72.3 Å². The predicted octanol–water partition coefficient (Wildman–Crippen LogP) is 8.73. The molecule has 0 N–H and O–H groups in total. The summed E-state index contributed by atoms with van der Waals surface area (Å²) in [5.41, 5.74) is 10.4. The van der Waals surface area contributed by atoms with Gasteiger partial charge in [0.15, 0.2) is 0 Å². The van der Waals surface area contributed by atoms with Gasteiger partial charge in [-0.15, -0.1) is 53.6 Å². The number of pyridine rings is 1. The van der Waals surface area contributed by atoms with Gasteiger partial charge in [0.2, 0.25) is 0 Å². The number of hydrogen-bond acceptors (Lipinski definition) is 3. The molecule has 0 amide bonds. The van der Waals surface area contributed by atoms with Crippen LogP contribution in [0, 0.1) is 12.1 Å². The van der Waals surface area contributed by atoms with E-state index in [2.05, 4.69) is 123 Å². The molecule has 41 heavy (non-hydrogen) atoms. The Morgan fingerprint density at radius 3 is 2.49 bits per heavy atom. The number of hydrogen-bond donors (Lipinski definition) is 0. The quantitative estimate of drug-likeness (QED) is 0.170. The molecule has 198 valence electrons. The van der Waals surface area contributed by atoms with Crippen LogP contribution < -0.4 is 0 Å². The zero-order chi connectivity index (χ0) is 26.6. The van der Waals surface area contributed by atoms with Crippen LogP contribution >= 0.6 is 11.3 Å². The topological polar surface area (TPSA) is 35.6 Å². The molecule has 0 atom stereocenters. The number of para-hydroxylation sites is 2. The van der Waals surface area contributed by atoms with Gasteiger partial charge in [-0.05, 0) is 62.9 Å². The largest absolute Gasteiger partial charge is 2.00 e. The summed E-state index contributed by atoms with van der Waals surface area (Å²) in [5, 5.41) is 6.63. The molecule has 0 aliphatic carbocycles. The smallest absolute Gasteiger partial charge is 0.366 e. The summed E-state index contributed by atoms with van der Waals surface area (Å²) in [4.78, 5) is 9.63. The van der Waals surface area contributed by atoms with Gasteiger partial charge in [-0.2, -0.15) is 11.3 Å². The first-order chi connectivity index (χ1) is 19.8. The number of benzene rings is 4. The van der Waals surface area contributed by atoms with Crippen LogP contribution in [0.15, 0.2) is 114 Å². The van der Waals surface area contributed by atoms with E-state index in [1.54, 1.807) is 11.3 Å². The van der Waals surface area contributed by atoms with Crippen LogP contribution in [0.4, 0.5) is 0 Å². The summed E-state index contributed by atoms with van der Waals surface area (Å²) in [6, 6.07) is 40.9. The Morgan fingerprint density at radius 2 is 1.63 bits per heavy atom. The molecule has 0 radical (unpaired) electrons. The van der Waals surface area contributed by atoms with Crippen LogP contribution in [-0.2, 0) is 28.1 Å². The van der Waals surface area contributed by atoms with Crippen LogP contribution in [0.1, 0.15) is 0 Å². The molecule has 4 heterocycles. The Kier molecular flexibility index (Phi) is 6.42. The fourth-order valence-electron chi connectivity index (χ4n) is 5.69. The van der Waals surface area contributed by atoms with Crippen molar-refractivity contribution in [3.8, 4) is 39.5 Å². The maximum atomic E-state index is 5.08. The molecule has 0 aliphatic rings. The molecule has 4 aromatic carbocycles. The normalized spacial score (nSPS) is 11.3. The van der Waals surface area contributed by atoms with Crippen LogP contribution in [0.5, 0.6) is 0 Å². The van der Waals surface area contributed by atoms with E-state index in [-0.39, 0.29) is 21.1 Å². The summed E-state index contributed by atoms with van der Waals surface area (Å²) < 4.78 is 4.45. The number of rotatable bonds is 4. The molecular formula is C35H22N4PtS. The van der Waals surface area contributed by atoms with Crippen LogP contribution in [0.2, 0.25) is 0 Å². The number of nitrogens with zero attached hydrogens (tertiary/aromatic N) is 4. The maximum Gasteiger partial charge on any atom is 2.00 e. The van der Waals surface area contributed by atoms with E-state index in [0.717, 1.165) is 55.8 Å². The van der Waals surface area contributed by atoms with Crippen molar-refractivity contribution >= 4 is 44.2 Å². The Labute approximate surface area is 255 Å². The number of thiophene rings is 1. The maximum absolute atomic E-state index is 5.08. The van der Waals surface area contributed by atoms with Gasteiger partial charge in [0.05, 0.1) is 16.9 Å². The predicted molar refractivity (Wildman–Crippen MR) is 165 cm³/mol. The van der Waals surface area contributed by atoms with Gasteiger partial charge in [0.1, 0.15) is 0 Å². The third kappa shape index (κ3) is 4.16. The summed E-state index contributed by atoms with van der Waals surface area (Å²) >= 11 is 1.71. The Hall–Kier alpha value is -4.31. The van der Waals surface area contributed by atoms with E-state index in [1.165, 1.54) is 16.5 Å². The third-order valence-corrected chi connectivity index (χ3v) is 8.20. The molecule has 0 saturated heterocycles. The summed E-state index contributed by atoms with van der Waals surface area (Å²) in [7, 11) is 2.10. The van der Waals surface area contributed by atoms with E-state index in [1.807, 2.05) is 24.4 Å². The van der Waals surface area contributed by atoms with Crippen molar-refractivity contribution in [2.75, 3.05) is 0 Å². The minimum absolute atomic E-state index is 0. The number of aryl methyl sites for hydroxylation is 1. The zero-order valence-electron chi connectivity index (χ0n) is 22.0. The number of fused-ring (bicyclic) bond motifs is 4.